The Balaban J connectivity index is 2.61. The third-order valence-electron chi connectivity index (χ3n) is 4.93. The molecule has 2 aromatic carbocycles. The fourth-order valence-electron chi connectivity index (χ4n) is 3.53. The lowest BCUT2D eigenvalue weighted by molar-refractivity contribution is 0.423. The van der Waals surface area contributed by atoms with Crippen LogP contribution < -0.4 is 0 Å². The highest BCUT2D eigenvalue weighted by atomic mass is 16.3. The summed E-state index contributed by atoms with van der Waals surface area (Å²) in [4.78, 5) is 0. The minimum atomic E-state index is -0.108. The van der Waals surface area contributed by atoms with Gasteiger partial charge in [0.1, 0.15) is 5.75 Å². The fourth-order valence-corrected chi connectivity index (χ4v) is 3.53. The van der Waals surface area contributed by atoms with E-state index in [1.165, 1.54) is 22.3 Å². The first-order valence-corrected chi connectivity index (χ1v) is 9.44. The SMILES string of the molecule is Cc1cc(C)c(C=Cc2cc(C(C)(C)C)c(O)c(C(C)(C)C)c2)c(C)c1. The monoisotopic (exact) mass is 350 g/mol. The average molecular weight is 351 g/mol. The van der Waals surface area contributed by atoms with E-state index < -0.39 is 0 Å². The van der Waals surface area contributed by atoms with E-state index in [-0.39, 0.29) is 10.8 Å². The summed E-state index contributed by atoms with van der Waals surface area (Å²) in [5, 5.41) is 10.9. The fraction of sp³-hybridized carbons (Fsp3) is 0.440. The molecule has 0 aliphatic carbocycles. The first-order valence-electron chi connectivity index (χ1n) is 9.44. The van der Waals surface area contributed by atoms with E-state index in [1.807, 2.05) is 0 Å². The highest BCUT2D eigenvalue weighted by molar-refractivity contribution is 5.74. The number of phenolic OH excluding ortho intramolecular Hbond substituents is 1. The Labute approximate surface area is 159 Å². The maximum Gasteiger partial charge on any atom is 0.123 e. The van der Waals surface area contributed by atoms with Crippen molar-refractivity contribution in [2.45, 2.75) is 73.1 Å². The van der Waals surface area contributed by atoms with Gasteiger partial charge in [-0.3, -0.25) is 0 Å². The molecular weight excluding hydrogens is 316 g/mol. The van der Waals surface area contributed by atoms with Gasteiger partial charge in [-0.15, -0.1) is 0 Å². The second-order valence-electron chi connectivity index (χ2n) is 9.61. The zero-order chi connectivity index (χ0) is 19.9. The normalized spacial score (nSPS) is 12.8. The molecule has 0 fully saturated rings. The van der Waals surface area contributed by atoms with Gasteiger partial charge in [0.25, 0.3) is 0 Å². The molecule has 0 bridgehead atoms. The van der Waals surface area contributed by atoms with Crippen LogP contribution in [-0.4, -0.2) is 5.11 Å². The van der Waals surface area contributed by atoms with Crippen LogP contribution in [0.15, 0.2) is 24.3 Å². The summed E-state index contributed by atoms with van der Waals surface area (Å²) in [5.41, 5.74) is 8.09. The van der Waals surface area contributed by atoms with Crippen molar-refractivity contribution in [1.82, 2.24) is 0 Å². The predicted molar refractivity (Wildman–Crippen MR) is 115 cm³/mol. The molecule has 0 aliphatic heterocycles. The minimum Gasteiger partial charge on any atom is -0.507 e. The van der Waals surface area contributed by atoms with E-state index in [1.54, 1.807) is 0 Å². The Hall–Kier alpha value is -2.02. The summed E-state index contributed by atoms with van der Waals surface area (Å²) in [6, 6.07) is 8.70. The Kier molecular flexibility index (Phi) is 5.42. The molecule has 0 amide bonds. The van der Waals surface area contributed by atoms with Crippen molar-refractivity contribution in [1.29, 1.82) is 0 Å². The molecule has 0 aliphatic rings. The maximum absolute atomic E-state index is 10.9. The third kappa shape index (κ3) is 4.38. The molecule has 0 radical (unpaired) electrons. The Bertz CT molecular complexity index is 781. The van der Waals surface area contributed by atoms with Gasteiger partial charge in [0.2, 0.25) is 0 Å². The van der Waals surface area contributed by atoms with Crippen LogP contribution in [0.4, 0.5) is 0 Å². The number of rotatable bonds is 2. The van der Waals surface area contributed by atoms with Crippen LogP contribution in [0, 0.1) is 20.8 Å². The molecule has 140 valence electrons. The molecular formula is C25H34O. The largest absolute Gasteiger partial charge is 0.507 e. The second-order valence-corrected chi connectivity index (χ2v) is 9.61. The minimum absolute atomic E-state index is 0.108. The molecule has 1 nitrogen and oxygen atoms in total. The van der Waals surface area contributed by atoms with Crippen molar-refractivity contribution < 1.29 is 5.11 Å². The van der Waals surface area contributed by atoms with E-state index in [2.05, 4.69) is 98.7 Å². The van der Waals surface area contributed by atoms with Crippen molar-refractivity contribution >= 4 is 12.2 Å². The Morgan fingerprint density at radius 2 is 1.12 bits per heavy atom. The van der Waals surface area contributed by atoms with Crippen LogP contribution in [0.3, 0.4) is 0 Å². The summed E-state index contributed by atoms with van der Waals surface area (Å²) in [5.74, 6) is 0.435. The van der Waals surface area contributed by atoms with Crippen molar-refractivity contribution in [3.05, 3.63) is 63.2 Å². The second kappa shape index (κ2) is 6.95. The van der Waals surface area contributed by atoms with E-state index >= 15 is 0 Å². The Morgan fingerprint density at radius 1 is 0.692 bits per heavy atom. The number of aryl methyl sites for hydroxylation is 3. The number of hydrogen-bond acceptors (Lipinski definition) is 1. The summed E-state index contributed by atoms with van der Waals surface area (Å²) in [7, 11) is 0. The molecule has 0 heterocycles. The summed E-state index contributed by atoms with van der Waals surface area (Å²) >= 11 is 0. The van der Waals surface area contributed by atoms with Gasteiger partial charge in [-0.1, -0.05) is 71.4 Å². The van der Waals surface area contributed by atoms with Crippen LogP contribution in [0.5, 0.6) is 5.75 Å². The molecule has 0 atom stereocenters. The first-order chi connectivity index (χ1) is 11.8. The lowest BCUT2D eigenvalue weighted by Crippen LogP contribution is -2.17. The van der Waals surface area contributed by atoms with Crippen molar-refractivity contribution in [3.8, 4) is 5.75 Å². The number of benzene rings is 2. The Morgan fingerprint density at radius 3 is 1.50 bits per heavy atom. The lowest BCUT2D eigenvalue weighted by atomic mass is 9.78. The predicted octanol–water partition coefficient (Wildman–Crippen LogP) is 7.08. The van der Waals surface area contributed by atoms with Gasteiger partial charge in [-0.05, 0) is 66.0 Å². The van der Waals surface area contributed by atoms with Gasteiger partial charge < -0.3 is 5.11 Å². The molecule has 26 heavy (non-hydrogen) atoms. The van der Waals surface area contributed by atoms with Gasteiger partial charge in [0.05, 0.1) is 0 Å². The third-order valence-corrected chi connectivity index (χ3v) is 4.93. The molecule has 2 rings (SSSR count). The topological polar surface area (TPSA) is 20.2 Å². The standard InChI is InChI=1S/C25H34O/c1-16-12-17(2)20(18(3)13-16)11-10-19-14-21(24(4,5)6)23(26)22(15-19)25(7,8)9/h10-15,26H,1-9H3. The molecule has 0 aromatic heterocycles. The summed E-state index contributed by atoms with van der Waals surface area (Å²) < 4.78 is 0. The van der Waals surface area contributed by atoms with E-state index in [4.69, 9.17) is 0 Å². The maximum atomic E-state index is 10.9. The van der Waals surface area contributed by atoms with Gasteiger partial charge >= 0.3 is 0 Å². The molecule has 0 unspecified atom stereocenters. The lowest BCUT2D eigenvalue weighted by Gasteiger charge is -2.28. The highest BCUT2D eigenvalue weighted by Crippen LogP contribution is 2.40. The quantitative estimate of drug-likeness (QED) is 0.574. The van der Waals surface area contributed by atoms with E-state index in [0.717, 1.165) is 16.7 Å². The smallest absolute Gasteiger partial charge is 0.123 e. The van der Waals surface area contributed by atoms with Gasteiger partial charge in [0, 0.05) is 11.1 Å². The van der Waals surface area contributed by atoms with Crippen LogP contribution in [0.1, 0.15) is 80.5 Å². The van der Waals surface area contributed by atoms with Crippen LogP contribution in [-0.2, 0) is 10.8 Å². The molecule has 1 heteroatoms. The molecule has 1 N–H and O–H groups in total. The summed E-state index contributed by atoms with van der Waals surface area (Å²) in [6.07, 6.45) is 4.38. The zero-order valence-corrected chi connectivity index (χ0v) is 17.9. The highest BCUT2D eigenvalue weighted by Gasteiger charge is 2.26. The first kappa shape index (κ1) is 20.3. The van der Waals surface area contributed by atoms with Gasteiger partial charge in [0.15, 0.2) is 0 Å². The van der Waals surface area contributed by atoms with Crippen molar-refractivity contribution in [2.75, 3.05) is 0 Å². The van der Waals surface area contributed by atoms with Crippen LogP contribution in [0.2, 0.25) is 0 Å². The van der Waals surface area contributed by atoms with Gasteiger partial charge in [-0.2, -0.15) is 0 Å². The number of aromatic hydroxyl groups is 1. The van der Waals surface area contributed by atoms with E-state index in [0.29, 0.717) is 5.75 Å². The van der Waals surface area contributed by atoms with Crippen LogP contribution in [0.25, 0.3) is 12.2 Å². The van der Waals surface area contributed by atoms with Gasteiger partial charge in [-0.25, -0.2) is 0 Å². The van der Waals surface area contributed by atoms with Crippen LogP contribution >= 0.6 is 0 Å². The molecule has 0 spiro atoms. The van der Waals surface area contributed by atoms with E-state index in [9.17, 15) is 5.11 Å². The number of phenols is 1. The zero-order valence-electron chi connectivity index (χ0n) is 17.9. The van der Waals surface area contributed by atoms with Crippen molar-refractivity contribution in [3.63, 3.8) is 0 Å². The van der Waals surface area contributed by atoms with Crippen molar-refractivity contribution in [2.24, 2.45) is 0 Å². The summed E-state index contributed by atoms with van der Waals surface area (Å²) in [6.45, 7) is 19.4. The average Bonchev–Trinajstić information content (AvgIpc) is 2.44. The molecule has 2 aromatic rings. The molecule has 0 saturated heterocycles. The molecule has 0 saturated carbocycles. The number of hydrogen-bond donors (Lipinski definition) is 1.